The number of alkyl halides is 1. The number of hydrogen-bond donors (Lipinski definition) is 1. The molecule has 1 fully saturated rings. The molecule has 0 saturated heterocycles. The number of nitrogens with one attached hydrogen (secondary N) is 1. The van der Waals surface area contributed by atoms with E-state index in [1.165, 1.54) is 6.42 Å². The molecule has 2 atom stereocenters. The second-order valence-electron chi connectivity index (χ2n) is 4.97. The van der Waals surface area contributed by atoms with Gasteiger partial charge in [-0.15, -0.1) is 11.6 Å². The molecule has 0 aromatic heterocycles. The molecule has 1 aliphatic rings. The zero-order chi connectivity index (χ0) is 13.7. The van der Waals surface area contributed by atoms with Crippen molar-refractivity contribution in [1.29, 1.82) is 5.26 Å². The highest BCUT2D eigenvalue weighted by atomic mass is 35.5. The highest BCUT2D eigenvalue weighted by Crippen LogP contribution is 2.25. The van der Waals surface area contributed by atoms with Gasteiger partial charge < -0.3 is 5.32 Å². The Hall–Kier alpha value is -1.53. The summed E-state index contributed by atoms with van der Waals surface area (Å²) in [5.41, 5.74) is 1.04. The lowest BCUT2D eigenvalue weighted by molar-refractivity contribution is 0.0911. The van der Waals surface area contributed by atoms with E-state index >= 15 is 0 Å². The van der Waals surface area contributed by atoms with Gasteiger partial charge in [-0.1, -0.05) is 18.9 Å². The molecule has 2 rings (SSSR count). The molecular weight excluding hydrogens is 260 g/mol. The molecular formula is C15H17ClN2O. The maximum atomic E-state index is 12.2. The van der Waals surface area contributed by atoms with Gasteiger partial charge in [-0.25, -0.2) is 0 Å². The molecule has 0 heterocycles. The number of nitriles is 1. The van der Waals surface area contributed by atoms with Crippen molar-refractivity contribution in [3.8, 4) is 6.07 Å². The van der Waals surface area contributed by atoms with E-state index < -0.39 is 0 Å². The summed E-state index contributed by atoms with van der Waals surface area (Å²) in [5.74, 6) is 0.834. The van der Waals surface area contributed by atoms with E-state index in [-0.39, 0.29) is 11.9 Å². The molecule has 1 aliphatic carbocycles. The van der Waals surface area contributed by atoms with Crippen LogP contribution in [0.3, 0.4) is 0 Å². The molecule has 1 aromatic rings. The number of rotatable bonds is 3. The number of amides is 1. The smallest absolute Gasteiger partial charge is 0.251 e. The first-order chi connectivity index (χ1) is 9.24. The Balaban J connectivity index is 2.05. The summed E-state index contributed by atoms with van der Waals surface area (Å²) in [7, 11) is 0. The van der Waals surface area contributed by atoms with Crippen molar-refractivity contribution in [2.75, 3.05) is 5.88 Å². The van der Waals surface area contributed by atoms with E-state index in [9.17, 15) is 4.79 Å². The van der Waals surface area contributed by atoms with Gasteiger partial charge in [0.1, 0.15) is 0 Å². The summed E-state index contributed by atoms with van der Waals surface area (Å²) in [6, 6.07) is 8.97. The average Bonchev–Trinajstić information content (AvgIpc) is 2.47. The normalized spacial score (nSPS) is 22.5. The molecule has 0 aliphatic heterocycles. The summed E-state index contributed by atoms with van der Waals surface area (Å²) in [4.78, 5) is 12.2. The quantitative estimate of drug-likeness (QED) is 0.863. The van der Waals surface area contributed by atoms with E-state index in [1.54, 1.807) is 24.3 Å². The molecule has 1 aromatic carbocycles. The second-order valence-corrected chi connectivity index (χ2v) is 5.28. The van der Waals surface area contributed by atoms with Crippen LogP contribution in [0.1, 0.15) is 41.6 Å². The molecule has 100 valence electrons. The summed E-state index contributed by atoms with van der Waals surface area (Å²) < 4.78 is 0. The Morgan fingerprint density at radius 3 is 2.95 bits per heavy atom. The summed E-state index contributed by atoms with van der Waals surface area (Å²) >= 11 is 5.96. The number of nitrogens with zero attached hydrogens (tertiary/aromatic N) is 1. The Morgan fingerprint density at radius 1 is 1.42 bits per heavy atom. The highest BCUT2D eigenvalue weighted by molar-refractivity contribution is 6.18. The fourth-order valence-corrected chi connectivity index (χ4v) is 2.93. The van der Waals surface area contributed by atoms with Gasteiger partial charge >= 0.3 is 0 Å². The Bertz CT molecular complexity index is 495. The molecule has 0 radical (unpaired) electrons. The maximum absolute atomic E-state index is 12.2. The van der Waals surface area contributed by atoms with Gasteiger partial charge in [0, 0.05) is 17.5 Å². The van der Waals surface area contributed by atoms with E-state index in [1.807, 2.05) is 6.07 Å². The van der Waals surface area contributed by atoms with Crippen molar-refractivity contribution >= 4 is 17.5 Å². The Labute approximate surface area is 118 Å². The number of benzene rings is 1. The lowest BCUT2D eigenvalue weighted by Gasteiger charge is -2.30. The fourth-order valence-electron chi connectivity index (χ4n) is 2.56. The minimum absolute atomic E-state index is 0.112. The summed E-state index contributed by atoms with van der Waals surface area (Å²) in [6.07, 6.45) is 4.39. The first-order valence-corrected chi connectivity index (χ1v) is 7.15. The predicted octanol–water partition coefficient (Wildman–Crippen LogP) is 3.09. The predicted molar refractivity (Wildman–Crippen MR) is 75.1 cm³/mol. The lowest BCUT2D eigenvalue weighted by atomic mass is 9.85. The molecule has 0 bridgehead atoms. The number of carbonyl (C=O) groups is 1. The summed E-state index contributed by atoms with van der Waals surface area (Å²) in [6.45, 7) is 0. The van der Waals surface area contributed by atoms with E-state index in [4.69, 9.17) is 16.9 Å². The first kappa shape index (κ1) is 13.9. The van der Waals surface area contributed by atoms with Crippen LogP contribution < -0.4 is 5.32 Å². The van der Waals surface area contributed by atoms with Crippen LogP contribution in [0.4, 0.5) is 0 Å². The van der Waals surface area contributed by atoms with Gasteiger partial charge in [-0.3, -0.25) is 4.79 Å². The van der Waals surface area contributed by atoms with Crippen LogP contribution in [0, 0.1) is 17.2 Å². The molecule has 0 spiro atoms. The maximum Gasteiger partial charge on any atom is 0.251 e. The molecule has 1 saturated carbocycles. The third-order valence-electron chi connectivity index (χ3n) is 3.68. The Kier molecular flexibility index (Phi) is 4.81. The van der Waals surface area contributed by atoms with Crippen LogP contribution in [0.2, 0.25) is 0 Å². The van der Waals surface area contributed by atoms with Crippen molar-refractivity contribution in [3.63, 3.8) is 0 Å². The van der Waals surface area contributed by atoms with Crippen LogP contribution in [-0.4, -0.2) is 17.8 Å². The third kappa shape index (κ3) is 3.48. The molecule has 19 heavy (non-hydrogen) atoms. The average molecular weight is 277 g/mol. The monoisotopic (exact) mass is 276 g/mol. The van der Waals surface area contributed by atoms with Crippen LogP contribution in [-0.2, 0) is 0 Å². The van der Waals surface area contributed by atoms with Crippen LogP contribution in [0.5, 0.6) is 0 Å². The molecule has 1 N–H and O–H groups in total. The first-order valence-electron chi connectivity index (χ1n) is 6.61. The molecule has 4 heteroatoms. The van der Waals surface area contributed by atoms with Crippen LogP contribution in [0.15, 0.2) is 24.3 Å². The van der Waals surface area contributed by atoms with Gasteiger partial charge in [0.05, 0.1) is 11.6 Å². The third-order valence-corrected chi connectivity index (χ3v) is 4.07. The van der Waals surface area contributed by atoms with E-state index in [0.29, 0.717) is 22.9 Å². The number of carbonyl (C=O) groups excluding carboxylic acids is 1. The van der Waals surface area contributed by atoms with Gasteiger partial charge in [-0.2, -0.15) is 5.26 Å². The summed E-state index contributed by atoms with van der Waals surface area (Å²) in [5, 5.41) is 11.9. The van der Waals surface area contributed by atoms with Crippen LogP contribution in [0.25, 0.3) is 0 Å². The SMILES string of the molecule is N#Cc1cccc(C(=O)NC2CCCCC2CCl)c1. The van der Waals surface area contributed by atoms with Gasteiger partial charge in [0.25, 0.3) is 5.91 Å². The number of hydrogen-bond acceptors (Lipinski definition) is 2. The zero-order valence-corrected chi connectivity index (χ0v) is 11.5. The molecule has 2 unspecified atom stereocenters. The minimum atomic E-state index is -0.112. The lowest BCUT2D eigenvalue weighted by Crippen LogP contribution is -2.42. The number of halogens is 1. The fraction of sp³-hybridized carbons (Fsp3) is 0.467. The molecule has 1 amide bonds. The van der Waals surface area contributed by atoms with Crippen molar-refractivity contribution in [2.45, 2.75) is 31.7 Å². The Morgan fingerprint density at radius 2 is 2.21 bits per heavy atom. The minimum Gasteiger partial charge on any atom is -0.349 e. The van der Waals surface area contributed by atoms with Crippen LogP contribution >= 0.6 is 11.6 Å². The van der Waals surface area contributed by atoms with Crippen molar-refractivity contribution in [2.24, 2.45) is 5.92 Å². The van der Waals surface area contributed by atoms with Gasteiger partial charge in [0.15, 0.2) is 0 Å². The van der Waals surface area contributed by atoms with Crippen molar-refractivity contribution in [1.82, 2.24) is 5.32 Å². The largest absolute Gasteiger partial charge is 0.349 e. The van der Waals surface area contributed by atoms with E-state index in [0.717, 1.165) is 19.3 Å². The topological polar surface area (TPSA) is 52.9 Å². The van der Waals surface area contributed by atoms with Gasteiger partial charge in [-0.05, 0) is 37.0 Å². The van der Waals surface area contributed by atoms with Crippen molar-refractivity contribution in [3.05, 3.63) is 35.4 Å². The highest BCUT2D eigenvalue weighted by Gasteiger charge is 2.25. The second kappa shape index (κ2) is 6.58. The van der Waals surface area contributed by atoms with Gasteiger partial charge in [0.2, 0.25) is 0 Å². The standard InChI is InChI=1S/C15H17ClN2O/c16-9-13-5-1-2-7-14(13)18-15(19)12-6-3-4-11(8-12)10-17/h3-4,6,8,13-14H,1-2,5,7,9H2,(H,18,19). The van der Waals surface area contributed by atoms with Crippen molar-refractivity contribution < 1.29 is 4.79 Å². The zero-order valence-electron chi connectivity index (χ0n) is 10.7. The van der Waals surface area contributed by atoms with E-state index in [2.05, 4.69) is 5.32 Å². The molecule has 3 nitrogen and oxygen atoms in total.